The molecule has 0 fully saturated rings. The van der Waals surface area contributed by atoms with Gasteiger partial charge in [0.1, 0.15) is 0 Å². The molecule has 0 amide bonds. The summed E-state index contributed by atoms with van der Waals surface area (Å²) in [4.78, 5) is 3.73. The highest BCUT2D eigenvalue weighted by molar-refractivity contribution is 5.75. The highest BCUT2D eigenvalue weighted by Crippen LogP contribution is 2.14. The van der Waals surface area contributed by atoms with Gasteiger partial charge < -0.3 is 21.3 Å². The fourth-order valence-electron chi connectivity index (χ4n) is 1.69. The lowest BCUT2D eigenvalue weighted by molar-refractivity contribution is 0.0353. The molecule has 2 atom stereocenters. The van der Waals surface area contributed by atoms with E-state index in [9.17, 15) is 5.11 Å². The fraction of sp³-hybridized carbons (Fsp3) is 0.917. The van der Waals surface area contributed by atoms with E-state index in [1.165, 1.54) is 19.3 Å². The Hall–Kier alpha value is -0.810. The van der Waals surface area contributed by atoms with Crippen LogP contribution in [0.1, 0.15) is 39.5 Å². The van der Waals surface area contributed by atoms with E-state index >= 15 is 0 Å². The van der Waals surface area contributed by atoms with Crippen LogP contribution < -0.4 is 11.5 Å². The summed E-state index contributed by atoms with van der Waals surface area (Å²) in [7, 11) is 0. The van der Waals surface area contributed by atoms with Crippen LogP contribution in [-0.4, -0.2) is 36.9 Å². The van der Waals surface area contributed by atoms with Crippen LogP contribution in [0.2, 0.25) is 0 Å². The Morgan fingerprint density at radius 2 is 2.00 bits per heavy atom. The first-order valence-corrected chi connectivity index (χ1v) is 6.41. The number of rotatable bonds is 10. The van der Waals surface area contributed by atoms with Crippen LogP contribution in [0.4, 0.5) is 0 Å². The Balaban J connectivity index is 3.52. The number of hydrogen-bond acceptors (Lipinski definition) is 3. The Bertz CT molecular complexity index is 206. The summed E-state index contributed by atoms with van der Waals surface area (Å²) >= 11 is 0. The van der Waals surface area contributed by atoms with Gasteiger partial charge in [-0.1, -0.05) is 33.1 Å². The predicted octanol–water partition coefficient (Wildman–Crippen LogP) is 0.854. The summed E-state index contributed by atoms with van der Waals surface area (Å²) in [5.41, 5.74) is 10.3. The average molecular weight is 245 g/mol. The second-order valence-corrected chi connectivity index (χ2v) is 4.35. The molecule has 5 heteroatoms. The van der Waals surface area contributed by atoms with Gasteiger partial charge in [0, 0.05) is 6.61 Å². The normalized spacial score (nSPS) is 14.3. The molecular formula is C12H27N3O2. The second kappa shape index (κ2) is 10.4. The van der Waals surface area contributed by atoms with E-state index in [0.29, 0.717) is 13.2 Å². The Morgan fingerprint density at radius 3 is 2.53 bits per heavy atom. The van der Waals surface area contributed by atoms with Gasteiger partial charge in [-0.25, -0.2) is 0 Å². The van der Waals surface area contributed by atoms with Crippen molar-refractivity contribution in [3.05, 3.63) is 0 Å². The molecule has 0 aromatic heterocycles. The Kier molecular flexibility index (Phi) is 9.86. The van der Waals surface area contributed by atoms with Gasteiger partial charge in [0.05, 0.1) is 19.3 Å². The molecule has 0 radical (unpaired) electrons. The number of aliphatic hydroxyl groups excluding tert-OH is 1. The molecule has 2 unspecified atom stereocenters. The van der Waals surface area contributed by atoms with Gasteiger partial charge >= 0.3 is 0 Å². The summed E-state index contributed by atoms with van der Waals surface area (Å²) in [6.45, 7) is 5.58. The summed E-state index contributed by atoms with van der Waals surface area (Å²) < 4.78 is 5.41. The predicted molar refractivity (Wildman–Crippen MR) is 70.8 cm³/mol. The van der Waals surface area contributed by atoms with Crippen molar-refractivity contribution in [3.8, 4) is 0 Å². The smallest absolute Gasteiger partial charge is 0.185 e. The molecule has 0 spiro atoms. The van der Waals surface area contributed by atoms with Gasteiger partial charge in [0.2, 0.25) is 0 Å². The largest absolute Gasteiger partial charge is 0.389 e. The van der Waals surface area contributed by atoms with Gasteiger partial charge in [-0.15, -0.1) is 0 Å². The van der Waals surface area contributed by atoms with E-state index in [0.717, 1.165) is 12.3 Å². The molecule has 0 aromatic carbocycles. The molecule has 0 heterocycles. The Morgan fingerprint density at radius 1 is 1.29 bits per heavy atom. The monoisotopic (exact) mass is 245 g/mol. The lowest BCUT2D eigenvalue weighted by atomic mass is 9.98. The standard InChI is InChI=1S/C12H27N3O2/c1-3-5-10(4-2)6-7-17-9-11(16)8-15-12(13)14/h10-11,16H,3-9H2,1-2H3,(H4,13,14,15). The number of nitrogens with two attached hydrogens (primary N) is 2. The number of ether oxygens (including phenoxy) is 1. The first-order chi connectivity index (χ1) is 8.10. The van der Waals surface area contributed by atoms with Crippen molar-refractivity contribution in [1.29, 1.82) is 0 Å². The van der Waals surface area contributed by atoms with Crippen molar-refractivity contribution in [1.82, 2.24) is 0 Å². The molecular weight excluding hydrogens is 218 g/mol. The third-order valence-corrected chi connectivity index (χ3v) is 2.74. The number of hydrogen-bond donors (Lipinski definition) is 3. The number of nitrogens with zero attached hydrogens (tertiary/aromatic N) is 1. The second-order valence-electron chi connectivity index (χ2n) is 4.35. The minimum Gasteiger partial charge on any atom is -0.389 e. The van der Waals surface area contributed by atoms with E-state index in [2.05, 4.69) is 18.8 Å². The molecule has 0 aliphatic rings. The molecule has 5 nitrogen and oxygen atoms in total. The molecule has 102 valence electrons. The molecule has 0 aromatic rings. The summed E-state index contributed by atoms with van der Waals surface area (Å²) in [6, 6.07) is 0. The van der Waals surface area contributed by atoms with Crippen LogP contribution in [0.15, 0.2) is 4.99 Å². The quantitative estimate of drug-likeness (QED) is 0.302. The van der Waals surface area contributed by atoms with E-state index in [1.54, 1.807) is 0 Å². The molecule has 0 aliphatic heterocycles. The van der Waals surface area contributed by atoms with Crippen LogP contribution in [-0.2, 0) is 4.74 Å². The van der Waals surface area contributed by atoms with Gasteiger partial charge in [0.25, 0.3) is 0 Å². The van der Waals surface area contributed by atoms with Crippen LogP contribution in [0.25, 0.3) is 0 Å². The zero-order valence-corrected chi connectivity index (χ0v) is 11.1. The lowest BCUT2D eigenvalue weighted by Crippen LogP contribution is -2.27. The number of guanidine groups is 1. The zero-order chi connectivity index (χ0) is 13.1. The fourth-order valence-corrected chi connectivity index (χ4v) is 1.69. The summed E-state index contributed by atoms with van der Waals surface area (Å²) in [5, 5.41) is 9.48. The maximum Gasteiger partial charge on any atom is 0.185 e. The third-order valence-electron chi connectivity index (χ3n) is 2.74. The van der Waals surface area contributed by atoms with Gasteiger partial charge in [-0.3, -0.25) is 4.99 Å². The summed E-state index contributed by atoms with van der Waals surface area (Å²) in [6.07, 6.45) is 4.08. The Labute approximate surface area is 104 Å². The van der Waals surface area contributed by atoms with E-state index < -0.39 is 6.10 Å². The maximum atomic E-state index is 9.48. The van der Waals surface area contributed by atoms with Crippen LogP contribution in [0.5, 0.6) is 0 Å². The van der Waals surface area contributed by atoms with Gasteiger partial charge in [0.15, 0.2) is 5.96 Å². The summed E-state index contributed by atoms with van der Waals surface area (Å²) in [5.74, 6) is 0.730. The van der Waals surface area contributed by atoms with Crippen molar-refractivity contribution in [2.45, 2.75) is 45.6 Å². The van der Waals surface area contributed by atoms with Crippen molar-refractivity contribution in [3.63, 3.8) is 0 Å². The zero-order valence-electron chi connectivity index (χ0n) is 11.1. The van der Waals surface area contributed by atoms with Crippen molar-refractivity contribution in [2.24, 2.45) is 22.4 Å². The minimum atomic E-state index is -0.622. The molecule has 0 saturated heterocycles. The molecule has 0 bridgehead atoms. The van der Waals surface area contributed by atoms with Crippen molar-refractivity contribution < 1.29 is 9.84 Å². The topological polar surface area (TPSA) is 93.9 Å². The maximum absolute atomic E-state index is 9.48. The molecule has 17 heavy (non-hydrogen) atoms. The average Bonchev–Trinajstić information content (AvgIpc) is 2.30. The van der Waals surface area contributed by atoms with Crippen molar-refractivity contribution >= 4 is 5.96 Å². The van der Waals surface area contributed by atoms with Gasteiger partial charge in [-0.2, -0.15) is 0 Å². The van der Waals surface area contributed by atoms with Crippen molar-refractivity contribution in [2.75, 3.05) is 19.8 Å². The third kappa shape index (κ3) is 10.1. The number of aliphatic hydroxyl groups is 1. The van der Waals surface area contributed by atoms with E-state index in [4.69, 9.17) is 16.2 Å². The lowest BCUT2D eigenvalue weighted by Gasteiger charge is -2.14. The molecule has 5 N–H and O–H groups in total. The van der Waals surface area contributed by atoms with Gasteiger partial charge in [-0.05, 0) is 12.3 Å². The first-order valence-electron chi connectivity index (χ1n) is 6.41. The number of aliphatic imine (C=N–C) groups is 1. The minimum absolute atomic E-state index is 0.00181. The van der Waals surface area contributed by atoms with Crippen LogP contribution >= 0.6 is 0 Å². The molecule has 0 saturated carbocycles. The highest BCUT2D eigenvalue weighted by atomic mass is 16.5. The molecule has 0 rings (SSSR count). The SMILES string of the molecule is CCCC(CC)CCOCC(O)CN=C(N)N. The first kappa shape index (κ1) is 16.2. The highest BCUT2D eigenvalue weighted by Gasteiger charge is 2.06. The van der Waals surface area contributed by atoms with Crippen LogP contribution in [0.3, 0.4) is 0 Å². The van der Waals surface area contributed by atoms with Crippen LogP contribution in [0, 0.1) is 5.92 Å². The van der Waals surface area contributed by atoms with E-state index in [1.807, 2.05) is 0 Å². The molecule has 0 aliphatic carbocycles. The van der Waals surface area contributed by atoms with E-state index in [-0.39, 0.29) is 12.5 Å².